The van der Waals surface area contributed by atoms with Gasteiger partial charge in [-0.25, -0.2) is 14.2 Å². The van der Waals surface area contributed by atoms with Gasteiger partial charge in [-0.15, -0.1) is 0 Å². The maximum Gasteiger partial charge on any atom is 0.342 e. The van der Waals surface area contributed by atoms with Crippen LogP contribution in [0.2, 0.25) is 0 Å². The van der Waals surface area contributed by atoms with E-state index in [4.69, 9.17) is 4.74 Å². The molecule has 1 saturated heterocycles. The molecule has 3 aromatic rings. The number of nitrogens with zero attached hydrogens (tertiary/aromatic N) is 2. The van der Waals surface area contributed by atoms with Crippen LogP contribution >= 0.6 is 0 Å². The molecule has 2 heterocycles. The number of carbonyl (C=O) groups is 2. The van der Waals surface area contributed by atoms with Gasteiger partial charge in [0.25, 0.3) is 5.91 Å². The maximum atomic E-state index is 13.6. The average Bonchev–Trinajstić information content (AvgIpc) is 3.28. The van der Waals surface area contributed by atoms with E-state index < -0.39 is 24.3 Å². The highest BCUT2D eigenvalue weighted by molar-refractivity contribution is 6.01. The van der Waals surface area contributed by atoms with Gasteiger partial charge in [-0.05, 0) is 49.6 Å². The normalized spacial score (nSPS) is 13.5. The van der Waals surface area contributed by atoms with Gasteiger partial charge in [0.15, 0.2) is 6.61 Å². The molecule has 0 saturated carbocycles. The first-order valence-corrected chi connectivity index (χ1v) is 9.89. The number of carbonyl (C=O) groups excluding carboxylic acids is 2. The van der Waals surface area contributed by atoms with E-state index in [-0.39, 0.29) is 0 Å². The van der Waals surface area contributed by atoms with E-state index in [1.807, 2.05) is 24.3 Å². The molecule has 1 fully saturated rings. The Morgan fingerprint density at radius 1 is 1.13 bits per heavy atom. The van der Waals surface area contributed by atoms with Gasteiger partial charge in [0.2, 0.25) is 0 Å². The van der Waals surface area contributed by atoms with Crippen LogP contribution in [0.25, 0.3) is 10.9 Å². The lowest BCUT2D eigenvalue weighted by Crippen LogP contribution is -2.25. The first-order chi connectivity index (χ1) is 14.5. The number of hydrogen-bond donors (Lipinski definition) is 1. The molecule has 0 radical (unpaired) electrons. The third-order valence-electron chi connectivity index (χ3n) is 5.12. The molecule has 1 aliphatic heterocycles. The van der Waals surface area contributed by atoms with Crippen LogP contribution < -0.4 is 10.2 Å². The quantitative estimate of drug-likeness (QED) is 0.646. The summed E-state index contributed by atoms with van der Waals surface area (Å²) in [4.78, 5) is 31.7. The Kier molecular flexibility index (Phi) is 5.61. The van der Waals surface area contributed by atoms with E-state index in [0.29, 0.717) is 22.6 Å². The van der Waals surface area contributed by atoms with Gasteiger partial charge in [-0.3, -0.25) is 4.79 Å². The number of halogens is 1. The minimum absolute atomic E-state index is 0.310. The fourth-order valence-corrected chi connectivity index (χ4v) is 3.50. The van der Waals surface area contributed by atoms with Crippen molar-refractivity contribution in [1.82, 2.24) is 4.98 Å². The van der Waals surface area contributed by atoms with Gasteiger partial charge < -0.3 is 15.0 Å². The number of fused-ring (bicyclic) bond motifs is 1. The van der Waals surface area contributed by atoms with E-state index in [0.717, 1.165) is 36.8 Å². The molecule has 1 aliphatic rings. The van der Waals surface area contributed by atoms with Crippen molar-refractivity contribution in [3.63, 3.8) is 0 Å². The highest BCUT2D eigenvalue weighted by Crippen LogP contribution is 2.27. The number of aryl methyl sites for hydroxylation is 1. The van der Waals surface area contributed by atoms with Gasteiger partial charge in [-0.2, -0.15) is 0 Å². The second-order valence-electron chi connectivity index (χ2n) is 7.33. The van der Waals surface area contributed by atoms with Crippen LogP contribution in [0.3, 0.4) is 0 Å². The standard InChI is InChI=1S/C23H22FN3O3/c1-15-8-9-17(13-19(15)24)25-21(28)14-30-23(29)18-12-16-6-2-3-7-20(16)26-22(18)27-10-4-5-11-27/h2-3,6-9,12-13H,4-5,10-11,14H2,1H3,(H,25,28). The molecular weight excluding hydrogens is 385 g/mol. The summed E-state index contributed by atoms with van der Waals surface area (Å²) in [7, 11) is 0. The van der Waals surface area contributed by atoms with Gasteiger partial charge in [0, 0.05) is 24.2 Å². The molecule has 30 heavy (non-hydrogen) atoms. The lowest BCUT2D eigenvalue weighted by molar-refractivity contribution is -0.119. The molecule has 0 bridgehead atoms. The summed E-state index contributed by atoms with van der Waals surface area (Å²) in [5, 5.41) is 3.36. The van der Waals surface area contributed by atoms with Gasteiger partial charge in [-0.1, -0.05) is 24.3 Å². The number of aromatic nitrogens is 1. The summed E-state index contributed by atoms with van der Waals surface area (Å²) in [5.41, 5.74) is 1.93. The number of benzene rings is 2. The highest BCUT2D eigenvalue weighted by atomic mass is 19.1. The first kappa shape index (κ1) is 19.8. The van der Waals surface area contributed by atoms with E-state index in [1.54, 1.807) is 25.1 Å². The van der Waals surface area contributed by atoms with Crippen molar-refractivity contribution in [3.8, 4) is 0 Å². The van der Waals surface area contributed by atoms with E-state index in [1.165, 1.54) is 6.07 Å². The Bertz CT molecular complexity index is 1110. The van der Waals surface area contributed by atoms with E-state index >= 15 is 0 Å². The van der Waals surface area contributed by atoms with Gasteiger partial charge in [0.05, 0.1) is 5.52 Å². The lowest BCUT2D eigenvalue weighted by Gasteiger charge is -2.20. The third kappa shape index (κ3) is 4.25. The minimum Gasteiger partial charge on any atom is -0.452 e. The summed E-state index contributed by atoms with van der Waals surface area (Å²) in [5.74, 6) is -0.983. The molecular formula is C23H22FN3O3. The summed E-state index contributed by atoms with van der Waals surface area (Å²) >= 11 is 0. The number of rotatable bonds is 5. The van der Waals surface area contributed by atoms with Crippen molar-refractivity contribution in [2.24, 2.45) is 0 Å². The number of nitrogens with one attached hydrogen (secondary N) is 1. The number of esters is 1. The molecule has 0 unspecified atom stereocenters. The Labute approximate surface area is 173 Å². The number of pyridine rings is 1. The van der Waals surface area contributed by atoms with Crippen molar-refractivity contribution in [3.05, 3.63) is 65.5 Å². The van der Waals surface area contributed by atoms with Crippen molar-refractivity contribution < 1.29 is 18.7 Å². The third-order valence-corrected chi connectivity index (χ3v) is 5.12. The molecule has 7 heteroatoms. The molecule has 0 aliphatic carbocycles. The zero-order valence-corrected chi connectivity index (χ0v) is 16.7. The summed E-state index contributed by atoms with van der Waals surface area (Å²) < 4.78 is 18.9. The van der Waals surface area contributed by atoms with Crippen molar-refractivity contribution in [2.75, 3.05) is 29.9 Å². The Hall–Kier alpha value is -3.48. The van der Waals surface area contributed by atoms with Crippen LogP contribution in [0.15, 0.2) is 48.5 Å². The Morgan fingerprint density at radius 2 is 1.90 bits per heavy atom. The molecule has 6 nitrogen and oxygen atoms in total. The van der Waals surface area contributed by atoms with Gasteiger partial charge in [0.1, 0.15) is 17.2 Å². The lowest BCUT2D eigenvalue weighted by atomic mass is 10.1. The smallest absolute Gasteiger partial charge is 0.342 e. The molecule has 154 valence electrons. The summed E-state index contributed by atoms with van der Waals surface area (Å²) in [6.45, 7) is 2.81. The van der Waals surface area contributed by atoms with Crippen molar-refractivity contribution >= 4 is 34.3 Å². The second kappa shape index (κ2) is 8.49. The van der Waals surface area contributed by atoms with Crippen LogP contribution in [0, 0.1) is 12.7 Å². The number of amides is 1. The van der Waals surface area contributed by atoms with Crippen molar-refractivity contribution in [1.29, 1.82) is 0 Å². The zero-order valence-electron chi connectivity index (χ0n) is 16.7. The fraction of sp³-hybridized carbons (Fsp3) is 0.261. The van der Waals surface area contributed by atoms with Gasteiger partial charge >= 0.3 is 5.97 Å². The second-order valence-corrected chi connectivity index (χ2v) is 7.33. The molecule has 0 atom stereocenters. The monoisotopic (exact) mass is 407 g/mol. The number of anilines is 2. The minimum atomic E-state index is -0.611. The van der Waals surface area contributed by atoms with Crippen LogP contribution in [0.5, 0.6) is 0 Å². The topological polar surface area (TPSA) is 71.5 Å². The number of ether oxygens (including phenoxy) is 1. The van der Waals surface area contributed by atoms with Crippen molar-refractivity contribution in [2.45, 2.75) is 19.8 Å². The molecule has 2 aromatic carbocycles. The Balaban J connectivity index is 1.50. The number of hydrogen-bond acceptors (Lipinski definition) is 5. The molecule has 1 N–H and O–H groups in total. The average molecular weight is 407 g/mol. The molecule has 1 amide bonds. The maximum absolute atomic E-state index is 13.6. The van der Waals surface area contributed by atoms with Crippen LogP contribution in [0.4, 0.5) is 15.9 Å². The predicted octanol–water partition coefficient (Wildman–Crippen LogP) is 4.08. The van der Waals surface area contributed by atoms with Crippen LogP contribution in [-0.2, 0) is 9.53 Å². The summed E-state index contributed by atoms with van der Waals surface area (Å²) in [6.07, 6.45) is 2.08. The Morgan fingerprint density at radius 3 is 2.67 bits per heavy atom. The SMILES string of the molecule is Cc1ccc(NC(=O)COC(=O)c2cc3ccccc3nc2N2CCCC2)cc1F. The first-order valence-electron chi connectivity index (χ1n) is 9.89. The van der Waals surface area contributed by atoms with E-state index in [9.17, 15) is 14.0 Å². The van der Waals surface area contributed by atoms with E-state index in [2.05, 4.69) is 15.2 Å². The highest BCUT2D eigenvalue weighted by Gasteiger charge is 2.23. The fourth-order valence-electron chi connectivity index (χ4n) is 3.50. The summed E-state index contributed by atoms with van der Waals surface area (Å²) in [6, 6.07) is 13.7. The molecule has 4 rings (SSSR count). The zero-order chi connectivity index (χ0) is 21.1. The van der Waals surface area contributed by atoms with Crippen LogP contribution in [-0.4, -0.2) is 36.6 Å². The molecule has 1 aromatic heterocycles. The van der Waals surface area contributed by atoms with Crippen LogP contribution in [0.1, 0.15) is 28.8 Å². The number of para-hydroxylation sites is 1. The molecule has 0 spiro atoms. The predicted molar refractivity (Wildman–Crippen MR) is 113 cm³/mol. The largest absolute Gasteiger partial charge is 0.452 e.